The second kappa shape index (κ2) is 19.5. The maximum absolute atomic E-state index is 5.13. The zero-order valence-electron chi connectivity index (χ0n) is 49.5. The number of nitrogens with zero attached hydrogens (tertiary/aromatic N) is 5. The van der Waals surface area contributed by atoms with Crippen molar-refractivity contribution in [1.29, 1.82) is 0 Å². The Morgan fingerprint density at radius 2 is 0.824 bits per heavy atom. The summed E-state index contributed by atoms with van der Waals surface area (Å²) in [7, 11) is 0. The third-order valence-corrected chi connectivity index (χ3v) is 22.0. The van der Waals surface area contributed by atoms with Crippen molar-refractivity contribution in [3.8, 4) is 56.3 Å². The fraction of sp³-hybridized carbons (Fsp3) is 0.0357. The quantitative estimate of drug-likeness (QED) is 0.157. The first-order valence-corrected chi connectivity index (χ1v) is 33.0. The van der Waals surface area contributed by atoms with Gasteiger partial charge < -0.3 is 13.7 Å². The van der Waals surface area contributed by atoms with E-state index in [0.717, 1.165) is 40.3 Å². The molecule has 20 rings (SSSR count). The second-order valence-corrected chi connectivity index (χ2v) is 26.7. The molecule has 0 aliphatic heterocycles. The molecule has 1 aliphatic rings. The van der Waals surface area contributed by atoms with Gasteiger partial charge in [0.15, 0.2) is 5.82 Å². The number of benzene rings is 12. The monoisotopic (exact) mass is 1200 g/mol. The Bertz CT molecular complexity index is 6300. The van der Waals surface area contributed by atoms with E-state index < -0.39 is 0 Å². The second-order valence-electron chi connectivity index (χ2n) is 24.6. The topological polar surface area (TPSA) is 32.6 Å². The molecule has 0 saturated heterocycles. The van der Waals surface area contributed by atoms with Crippen molar-refractivity contribution < 1.29 is 0 Å². The van der Waals surface area contributed by atoms with Crippen LogP contribution in [0.4, 0.5) is 0 Å². The summed E-state index contributed by atoms with van der Waals surface area (Å²) in [5, 5.41) is 13.7. The minimum atomic E-state index is 0.559. The van der Waals surface area contributed by atoms with Gasteiger partial charge in [-0.15, -0.1) is 22.7 Å². The summed E-state index contributed by atoms with van der Waals surface area (Å²) in [5.41, 5.74) is 21.6. The van der Waals surface area contributed by atoms with Crippen molar-refractivity contribution in [3.63, 3.8) is 0 Å². The zero-order chi connectivity index (χ0) is 59.6. The maximum Gasteiger partial charge on any atom is 0.155 e. The van der Waals surface area contributed by atoms with Gasteiger partial charge in [-0.1, -0.05) is 177 Å². The highest BCUT2D eigenvalue weighted by molar-refractivity contribution is 7.26. The number of pyridine rings is 1. The van der Waals surface area contributed by atoms with E-state index in [2.05, 4.69) is 304 Å². The van der Waals surface area contributed by atoms with Gasteiger partial charge in [-0.25, -0.2) is 4.98 Å². The molecule has 91 heavy (non-hydrogen) atoms. The van der Waals surface area contributed by atoms with Gasteiger partial charge in [0.25, 0.3) is 0 Å². The van der Waals surface area contributed by atoms with Crippen LogP contribution < -0.4 is 0 Å². The van der Waals surface area contributed by atoms with Crippen LogP contribution in [0.3, 0.4) is 0 Å². The van der Waals surface area contributed by atoms with E-state index in [1.165, 1.54) is 150 Å². The number of rotatable bonds is 7. The van der Waals surface area contributed by atoms with Crippen LogP contribution in [0.2, 0.25) is 0 Å². The molecular formula is C84H53N5S2. The van der Waals surface area contributed by atoms with Crippen LogP contribution in [0.25, 0.3) is 180 Å². The lowest BCUT2D eigenvalue weighted by Crippen LogP contribution is -2.00. The molecular weight excluding hydrogens is 1140 g/mol. The van der Waals surface area contributed by atoms with Gasteiger partial charge in [0.05, 0.1) is 48.8 Å². The lowest BCUT2D eigenvalue weighted by Gasteiger charge is -2.13. The number of allylic oxidation sites excluding steroid dienone is 1. The highest BCUT2D eigenvalue weighted by atomic mass is 32.1. The molecule has 0 fully saturated rings. The Balaban J connectivity index is 0.706. The summed E-state index contributed by atoms with van der Waals surface area (Å²) in [4.78, 5) is 6.53. The Labute approximate surface area is 531 Å². The lowest BCUT2D eigenvalue weighted by molar-refractivity contribution is 0.724. The molecule has 1 atom stereocenters. The predicted octanol–water partition coefficient (Wildman–Crippen LogP) is 23.3. The van der Waals surface area contributed by atoms with E-state index in [1.54, 1.807) is 0 Å². The molecule has 426 valence electrons. The van der Waals surface area contributed by atoms with E-state index in [0.29, 0.717) is 5.92 Å². The minimum absolute atomic E-state index is 0.559. The van der Waals surface area contributed by atoms with Gasteiger partial charge >= 0.3 is 0 Å². The number of aromatic nitrogens is 5. The van der Waals surface area contributed by atoms with Crippen LogP contribution in [-0.2, 0) is 6.42 Å². The normalized spacial score (nSPS) is 13.6. The molecule has 0 spiro atoms. The molecule has 7 aromatic heterocycles. The van der Waals surface area contributed by atoms with Crippen LogP contribution in [-0.4, -0.2) is 23.3 Å². The molecule has 1 aliphatic carbocycles. The van der Waals surface area contributed by atoms with Gasteiger partial charge in [0.1, 0.15) is 0 Å². The first-order valence-electron chi connectivity index (χ1n) is 31.4. The number of para-hydroxylation sites is 5. The summed E-state index contributed by atoms with van der Waals surface area (Å²) in [6, 6.07) is 99.4. The van der Waals surface area contributed by atoms with E-state index in [9.17, 15) is 0 Å². The van der Waals surface area contributed by atoms with Crippen LogP contribution in [0.15, 0.2) is 279 Å². The summed E-state index contributed by atoms with van der Waals surface area (Å²) in [6.07, 6.45) is 7.78. The third-order valence-electron chi connectivity index (χ3n) is 19.6. The van der Waals surface area contributed by atoms with Crippen molar-refractivity contribution in [2.24, 2.45) is 5.92 Å². The Hall–Kier alpha value is -11.1. The van der Waals surface area contributed by atoms with Crippen molar-refractivity contribution in [2.75, 3.05) is 0 Å². The minimum Gasteiger partial charge on any atom is -0.309 e. The van der Waals surface area contributed by atoms with E-state index in [1.807, 2.05) is 28.9 Å². The van der Waals surface area contributed by atoms with E-state index >= 15 is 0 Å². The smallest absolute Gasteiger partial charge is 0.155 e. The fourth-order valence-corrected chi connectivity index (χ4v) is 18.1. The molecule has 19 aromatic rings. The SMILES string of the molecule is CC1C=Cc2sc3c(-c4cccc(-c5cccc(-n6c7ccccc7c7cc(-n8c9ccccc9c9c(-c%10cccc%11c%10c%10ccccc%10n%11-c%10ccc%11sc%12c(-n%13c%14ccccc%14c%14ccccc%14%13)nccc%12c%11c%10)cccc98)ccc76)c5)c4)cccc3c2C1. The van der Waals surface area contributed by atoms with E-state index in [4.69, 9.17) is 4.98 Å². The van der Waals surface area contributed by atoms with Gasteiger partial charge in [0, 0.05) is 91.4 Å². The van der Waals surface area contributed by atoms with Crippen molar-refractivity contribution in [1.82, 2.24) is 23.3 Å². The lowest BCUT2D eigenvalue weighted by atomic mass is 9.92. The summed E-state index contributed by atoms with van der Waals surface area (Å²) < 4.78 is 13.6. The van der Waals surface area contributed by atoms with Gasteiger partial charge in [-0.05, 0) is 166 Å². The Kier molecular flexibility index (Phi) is 10.9. The number of thiophene rings is 2. The number of hydrogen-bond acceptors (Lipinski definition) is 3. The molecule has 1 unspecified atom stereocenters. The summed E-state index contributed by atoms with van der Waals surface area (Å²) in [5.74, 6) is 1.52. The highest BCUT2D eigenvalue weighted by Gasteiger charge is 2.25. The average molecular weight is 1200 g/mol. The van der Waals surface area contributed by atoms with Crippen molar-refractivity contribution >= 4 is 146 Å². The Morgan fingerprint density at radius 1 is 0.341 bits per heavy atom. The summed E-state index contributed by atoms with van der Waals surface area (Å²) in [6.45, 7) is 2.32. The van der Waals surface area contributed by atoms with Crippen molar-refractivity contribution in [2.45, 2.75) is 13.3 Å². The van der Waals surface area contributed by atoms with Crippen LogP contribution >= 0.6 is 22.7 Å². The molecule has 0 bridgehead atoms. The van der Waals surface area contributed by atoms with Gasteiger partial charge in [0.2, 0.25) is 0 Å². The van der Waals surface area contributed by atoms with Crippen LogP contribution in [0.5, 0.6) is 0 Å². The molecule has 12 aromatic carbocycles. The largest absolute Gasteiger partial charge is 0.309 e. The average Bonchev–Trinajstić information content (AvgIpc) is 3.77. The first kappa shape index (κ1) is 50.9. The molecule has 5 nitrogen and oxygen atoms in total. The van der Waals surface area contributed by atoms with Gasteiger partial charge in [-0.3, -0.25) is 4.57 Å². The van der Waals surface area contributed by atoms with Crippen LogP contribution in [0, 0.1) is 5.92 Å². The van der Waals surface area contributed by atoms with Crippen molar-refractivity contribution in [3.05, 3.63) is 290 Å². The molecule has 0 radical (unpaired) electrons. The standard InChI is InChI=1S/C84H53N5S2/c1-50-37-41-78-68(45-50)63-29-14-26-57(82(63)90-78)53-19-12-17-51(46-53)52-18-13-20-54(47-52)86-70-30-7-4-23-60(70)67-48-55(38-40-75(67)86)87-73-33-10-5-24-65(73)80-61(27-15-35-76(80)87)62-28-16-36-77-81(62)66-25-6-11-34-74(66)88(77)56-39-42-79-69(49-56)64-43-44-85-84(83(64)91-79)89-71-31-8-2-21-58(71)59-22-3-9-32-72(59)89/h2-44,46-50H,45H2,1H3. The number of hydrogen-bond donors (Lipinski definition) is 0. The first-order chi connectivity index (χ1) is 45.1. The van der Waals surface area contributed by atoms with Crippen LogP contribution in [0.1, 0.15) is 17.4 Å². The molecule has 0 saturated carbocycles. The van der Waals surface area contributed by atoms with E-state index in [-0.39, 0.29) is 0 Å². The summed E-state index contributed by atoms with van der Waals surface area (Å²) >= 11 is 3.76. The third kappa shape index (κ3) is 7.41. The molecule has 7 heteroatoms. The molecule has 7 heterocycles. The molecule has 0 N–H and O–H groups in total. The number of fused-ring (bicyclic) bond motifs is 18. The Morgan fingerprint density at radius 3 is 1.51 bits per heavy atom. The molecule has 0 amide bonds. The zero-order valence-corrected chi connectivity index (χ0v) is 51.1. The highest BCUT2D eigenvalue weighted by Crippen LogP contribution is 2.48. The fourth-order valence-electron chi connectivity index (χ4n) is 15.6. The predicted molar refractivity (Wildman–Crippen MR) is 388 cm³/mol. The maximum atomic E-state index is 5.13. The van der Waals surface area contributed by atoms with Gasteiger partial charge in [-0.2, -0.15) is 0 Å².